The first-order chi connectivity index (χ1) is 17.7. The van der Waals surface area contributed by atoms with E-state index < -0.39 is 24.0 Å². The number of carbonyl (C=O) groups is 1. The molecule has 2 aliphatic rings. The molecule has 0 unspecified atom stereocenters. The molecule has 0 aliphatic carbocycles. The van der Waals surface area contributed by atoms with Crippen molar-refractivity contribution in [1.82, 2.24) is 15.3 Å². The Bertz CT molecular complexity index is 1290. The van der Waals surface area contributed by atoms with Gasteiger partial charge in [0, 0.05) is 62.6 Å². The lowest BCUT2D eigenvalue weighted by molar-refractivity contribution is -0.177. The number of hydrogen-bond donors (Lipinski definition) is 4. The number of nitrogens with zero attached hydrogens (tertiary/aromatic N) is 4. The minimum atomic E-state index is -4.36. The number of piperazine rings is 1. The molecule has 4 heterocycles. The Balaban J connectivity index is 1.41. The van der Waals surface area contributed by atoms with Crippen LogP contribution in [0.3, 0.4) is 0 Å². The van der Waals surface area contributed by atoms with Crippen molar-refractivity contribution in [3.8, 4) is 0 Å². The molecule has 1 amide bonds. The van der Waals surface area contributed by atoms with Crippen molar-refractivity contribution in [2.45, 2.75) is 18.6 Å². The van der Waals surface area contributed by atoms with Crippen molar-refractivity contribution in [1.29, 1.82) is 0 Å². The monoisotopic (exact) mass is 514 g/mol. The summed E-state index contributed by atoms with van der Waals surface area (Å²) < 4.78 is 40.4. The second-order valence-electron chi connectivity index (χ2n) is 9.53. The first kappa shape index (κ1) is 25.0. The lowest BCUT2D eigenvalue weighted by atomic mass is 9.93. The molecule has 0 radical (unpaired) electrons. The number of fused-ring (bicyclic) bond motifs is 1. The average Bonchev–Trinajstić information content (AvgIpc) is 2.88. The molecule has 2 fully saturated rings. The largest absolute Gasteiger partial charge is 0.397 e. The predicted molar refractivity (Wildman–Crippen MR) is 138 cm³/mol. The molecule has 2 aliphatic heterocycles. The van der Waals surface area contributed by atoms with E-state index in [1.54, 1.807) is 17.0 Å². The maximum atomic E-state index is 13.5. The van der Waals surface area contributed by atoms with Gasteiger partial charge in [-0.2, -0.15) is 13.2 Å². The number of aromatic nitrogens is 2. The molecule has 1 aromatic carbocycles. The Kier molecular flexibility index (Phi) is 6.78. The standard InChI is InChI=1S/C25H29F3N8O/c26-25(27,28)16-10-17(29)14-36(13-16)22-3-4-32-12-21(22)34-24(37)23-19(30)9-15-1-2-18(11-20(15)33-23)35-7-5-31-6-8-35/h1-4,9,11-12,16-17,31H,5-8,10,13-14,29-30H2,(H,34,37)/t16-,17+/m1/s1. The first-order valence-electron chi connectivity index (χ1n) is 12.2. The maximum Gasteiger partial charge on any atom is 0.393 e. The van der Waals surface area contributed by atoms with E-state index in [9.17, 15) is 18.0 Å². The van der Waals surface area contributed by atoms with Gasteiger partial charge in [-0.25, -0.2) is 4.98 Å². The number of benzene rings is 1. The Morgan fingerprint density at radius 3 is 2.65 bits per heavy atom. The van der Waals surface area contributed by atoms with Gasteiger partial charge in [-0.1, -0.05) is 6.07 Å². The Morgan fingerprint density at radius 1 is 1.11 bits per heavy atom. The zero-order valence-electron chi connectivity index (χ0n) is 20.1. The molecule has 196 valence electrons. The molecule has 6 N–H and O–H groups in total. The summed E-state index contributed by atoms with van der Waals surface area (Å²) in [5.41, 5.74) is 14.7. The molecule has 0 bridgehead atoms. The van der Waals surface area contributed by atoms with Crippen LogP contribution < -0.4 is 31.9 Å². The van der Waals surface area contributed by atoms with E-state index in [1.807, 2.05) is 18.2 Å². The van der Waals surface area contributed by atoms with E-state index in [4.69, 9.17) is 11.5 Å². The van der Waals surface area contributed by atoms with Crippen LogP contribution in [0.25, 0.3) is 10.9 Å². The molecule has 2 saturated heterocycles. The van der Waals surface area contributed by atoms with Gasteiger partial charge >= 0.3 is 6.18 Å². The molecule has 2 atom stereocenters. The zero-order chi connectivity index (χ0) is 26.2. The Hall–Kier alpha value is -3.64. The van der Waals surface area contributed by atoms with E-state index in [-0.39, 0.29) is 36.6 Å². The van der Waals surface area contributed by atoms with Crippen LogP contribution in [0.1, 0.15) is 16.9 Å². The van der Waals surface area contributed by atoms with Gasteiger partial charge in [-0.05, 0) is 30.7 Å². The van der Waals surface area contributed by atoms with Gasteiger partial charge < -0.3 is 31.9 Å². The number of amides is 1. The minimum Gasteiger partial charge on any atom is -0.397 e. The fourth-order valence-corrected chi connectivity index (χ4v) is 4.99. The van der Waals surface area contributed by atoms with Crippen LogP contribution in [-0.4, -0.2) is 67.4 Å². The van der Waals surface area contributed by atoms with Gasteiger partial charge in [0.25, 0.3) is 5.91 Å². The van der Waals surface area contributed by atoms with Crippen LogP contribution in [-0.2, 0) is 0 Å². The summed E-state index contributed by atoms with van der Waals surface area (Å²) in [4.78, 5) is 25.6. The van der Waals surface area contributed by atoms with Gasteiger partial charge in [0.05, 0.1) is 34.7 Å². The summed E-state index contributed by atoms with van der Waals surface area (Å²) in [7, 11) is 0. The second-order valence-corrected chi connectivity index (χ2v) is 9.53. The third-order valence-corrected chi connectivity index (χ3v) is 6.86. The molecule has 37 heavy (non-hydrogen) atoms. The van der Waals surface area contributed by atoms with Gasteiger partial charge in [0.1, 0.15) is 0 Å². The fraction of sp³-hybridized carbons (Fsp3) is 0.400. The van der Waals surface area contributed by atoms with Crippen molar-refractivity contribution in [3.63, 3.8) is 0 Å². The molecule has 0 saturated carbocycles. The number of nitrogen functional groups attached to an aromatic ring is 1. The molecule has 12 heteroatoms. The van der Waals surface area contributed by atoms with E-state index in [1.165, 1.54) is 12.4 Å². The minimum absolute atomic E-state index is 0.0308. The lowest BCUT2D eigenvalue weighted by Crippen LogP contribution is -2.51. The smallest absolute Gasteiger partial charge is 0.393 e. The van der Waals surface area contributed by atoms with E-state index in [2.05, 4.69) is 25.5 Å². The Labute approximate surface area is 212 Å². The molecular weight excluding hydrogens is 485 g/mol. The maximum absolute atomic E-state index is 13.5. The van der Waals surface area contributed by atoms with Crippen LogP contribution in [0.5, 0.6) is 0 Å². The van der Waals surface area contributed by atoms with Crippen molar-refractivity contribution in [2.75, 3.05) is 60.1 Å². The van der Waals surface area contributed by atoms with Crippen molar-refractivity contribution >= 4 is 39.6 Å². The number of hydrogen-bond acceptors (Lipinski definition) is 8. The number of carbonyl (C=O) groups excluding carboxylic acids is 1. The predicted octanol–water partition coefficient (Wildman–Crippen LogP) is 2.59. The Morgan fingerprint density at radius 2 is 1.89 bits per heavy atom. The fourth-order valence-electron chi connectivity index (χ4n) is 4.99. The number of halogens is 3. The topological polar surface area (TPSA) is 125 Å². The summed E-state index contributed by atoms with van der Waals surface area (Å²) in [6, 6.07) is 8.47. The molecule has 5 rings (SSSR count). The molecule has 0 spiro atoms. The van der Waals surface area contributed by atoms with E-state index in [0.717, 1.165) is 37.3 Å². The number of anilines is 4. The highest BCUT2D eigenvalue weighted by Gasteiger charge is 2.44. The summed E-state index contributed by atoms with van der Waals surface area (Å²) in [6.45, 7) is 3.49. The van der Waals surface area contributed by atoms with Crippen LogP contribution in [0.15, 0.2) is 42.7 Å². The van der Waals surface area contributed by atoms with Crippen molar-refractivity contribution in [2.24, 2.45) is 11.7 Å². The van der Waals surface area contributed by atoms with E-state index >= 15 is 0 Å². The number of alkyl halides is 3. The van der Waals surface area contributed by atoms with Crippen LogP contribution in [0, 0.1) is 5.92 Å². The van der Waals surface area contributed by atoms with E-state index in [0.29, 0.717) is 11.2 Å². The second kappa shape index (κ2) is 10.0. The van der Waals surface area contributed by atoms with Crippen molar-refractivity contribution < 1.29 is 18.0 Å². The summed E-state index contributed by atoms with van der Waals surface area (Å²) in [5, 5.41) is 6.87. The van der Waals surface area contributed by atoms with Gasteiger partial charge in [-0.15, -0.1) is 0 Å². The summed E-state index contributed by atoms with van der Waals surface area (Å²) in [6.07, 6.45) is -1.64. The van der Waals surface area contributed by atoms with Gasteiger partial charge in [0.15, 0.2) is 5.69 Å². The quantitative estimate of drug-likeness (QED) is 0.419. The van der Waals surface area contributed by atoms with Crippen molar-refractivity contribution in [3.05, 3.63) is 48.4 Å². The average molecular weight is 515 g/mol. The van der Waals surface area contributed by atoms with Crippen LogP contribution in [0.4, 0.5) is 35.9 Å². The summed E-state index contributed by atoms with van der Waals surface area (Å²) >= 11 is 0. The SMILES string of the molecule is Nc1cc2ccc(N3CCNCC3)cc2nc1C(=O)Nc1cnccc1N1C[C@@H](N)C[C@@H](C(F)(F)F)C1. The number of piperidine rings is 1. The normalized spacial score (nSPS) is 20.8. The zero-order valence-corrected chi connectivity index (χ0v) is 20.1. The number of rotatable bonds is 4. The highest BCUT2D eigenvalue weighted by atomic mass is 19.4. The van der Waals surface area contributed by atoms with Crippen LogP contribution in [0.2, 0.25) is 0 Å². The molecule has 9 nitrogen and oxygen atoms in total. The lowest BCUT2D eigenvalue weighted by Gasteiger charge is -2.39. The molecule has 2 aromatic heterocycles. The highest BCUT2D eigenvalue weighted by molar-refractivity contribution is 6.09. The number of pyridine rings is 2. The van der Waals surface area contributed by atoms with Crippen LogP contribution >= 0.6 is 0 Å². The third kappa shape index (κ3) is 5.39. The highest BCUT2D eigenvalue weighted by Crippen LogP contribution is 2.36. The van der Waals surface area contributed by atoms with Gasteiger partial charge in [-0.3, -0.25) is 9.78 Å². The molecule has 3 aromatic rings. The number of nitrogens with one attached hydrogen (secondary N) is 2. The first-order valence-corrected chi connectivity index (χ1v) is 12.2. The molecular formula is C25H29F3N8O. The third-order valence-electron chi connectivity index (χ3n) is 6.86. The number of nitrogens with two attached hydrogens (primary N) is 2. The summed E-state index contributed by atoms with van der Waals surface area (Å²) in [5.74, 6) is -2.13. The van der Waals surface area contributed by atoms with Gasteiger partial charge in [0.2, 0.25) is 0 Å².